The molecule has 3 heteroatoms. The smallest absolute Gasteiger partial charge is 0.310 e. The van der Waals surface area contributed by atoms with Gasteiger partial charge in [-0.15, -0.1) is 0 Å². The van der Waals surface area contributed by atoms with Gasteiger partial charge in [0.2, 0.25) is 0 Å². The minimum Gasteiger partial charge on any atom is -0.481 e. The standard InChI is InChI=1S/C22H29NO2/c1-21(2,3)19(23)16-22(20(24)25,14-17-10-6-4-7-11-17)15-18-12-8-5-9-13-18/h4-13,19H,14-16,23H2,1-3H3,(H,24,25). The summed E-state index contributed by atoms with van der Waals surface area (Å²) in [5.41, 5.74) is 7.41. The van der Waals surface area contributed by atoms with E-state index in [-0.39, 0.29) is 11.5 Å². The van der Waals surface area contributed by atoms with Crippen LogP contribution in [0.25, 0.3) is 0 Å². The van der Waals surface area contributed by atoms with Gasteiger partial charge >= 0.3 is 5.97 Å². The van der Waals surface area contributed by atoms with Crippen molar-refractivity contribution in [1.29, 1.82) is 0 Å². The number of rotatable bonds is 7. The summed E-state index contributed by atoms with van der Waals surface area (Å²) in [6.45, 7) is 6.19. The molecule has 0 saturated carbocycles. The second kappa shape index (κ2) is 7.83. The zero-order chi connectivity index (χ0) is 18.5. The Bertz CT molecular complexity index is 633. The number of hydrogen-bond acceptors (Lipinski definition) is 2. The molecule has 0 bridgehead atoms. The lowest BCUT2D eigenvalue weighted by Crippen LogP contribution is -2.46. The van der Waals surface area contributed by atoms with Gasteiger partial charge in [0.1, 0.15) is 0 Å². The Morgan fingerprint density at radius 2 is 1.32 bits per heavy atom. The monoisotopic (exact) mass is 339 g/mol. The summed E-state index contributed by atoms with van der Waals surface area (Å²) >= 11 is 0. The zero-order valence-electron chi connectivity index (χ0n) is 15.4. The second-order valence-electron chi connectivity index (χ2n) is 8.09. The maximum absolute atomic E-state index is 12.4. The van der Waals surface area contributed by atoms with Crippen molar-refractivity contribution < 1.29 is 9.90 Å². The molecule has 1 unspecified atom stereocenters. The summed E-state index contributed by atoms with van der Waals surface area (Å²) in [6, 6.07) is 19.5. The Morgan fingerprint density at radius 1 is 0.920 bits per heavy atom. The van der Waals surface area contributed by atoms with Gasteiger partial charge in [-0.3, -0.25) is 4.79 Å². The van der Waals surface area contributed by atoms with Crippen LogP contribution in [-0.4, -0.2) is 17.1 Å². The molecule has 0 aliphatic carbocycles. The van der Waals surface area contributed by atoms with Crippen LogP contribution in [0.15, 0.2) is 60.7 Å². The number of aliphatic carboxylic acids is 1. The summed E-state index contributed by atoms with van der Waals surface area (Å²) in [5, 5.41) is 10.2. The van der Waals surface area contributed by atoms with Crippen LogP contribution in [0.2, 0.25) is 0 Å². The van der Waals surface area contributed by atoms with Crippen LogP contribution in [0.1, 0.15) is 38.3 Å². The minimum atomic E-state index is -0.921. The molecule has 1 atom stereocenters. The van der Waals surface area contributed by atoms with Gasteiger partial charge in [-0.25, -0.2) is 0 Å². The number of benzene rings is 2. The summed E-state index contributed by atoms with van der Waals surface area (Å²) in [5.74, 6) is -0.778. The van der Waals surface area contributed by atoms with E-state index in [4.69, 9.17) is 5.73 Å². The molecule has 0 heterocycles. The van der Waals surface area contributed by atoms with Crippen molar-refractivity contribution in [1.82, 2.24) is 0 Å². The van der Waals surface area contributed by atoms with Crippen molar-refractivity contribution in [3.8, 4) is 0 Å². The number of carbonyl (C=O) groups is 1. The Morgan fingerprint density at radius 3 is 1.64 bits per heavy atom. The molecule has 0 saturated heterocycles. The average Bonchev–Trinajstić information content (AvgIpc) is 2.55. The highest BCUT2D eigenvalue weighted by Gasteiger charge is 2.42. The fourth-order valence-electron chi connectivity index (χ4n) is 3.15. The Kier molecular flexibility index (Phi) is 6.02. The van der Waals surface area contributed by atoms with Crippen LogP contribution in [0.5, 0.6) is 0 Å². The van der Waals surface area contributed by atoms with Crippen LogP contribution in [-0.2, 0) is 17.6 Å². The molecule has 3 nitrogen and oxygen atoms in total. The quantitative estimate of drug-likeness (QED) is 0.790. The van der Waals surface area contributed by atoms with E-state index in [0.717, 1.165) is 11.1 Å². The van der Waals surface area contributed by atoms with Crippen molar-refractivity contribution in [3.63, 3.8) is 0 Å². The predicted molar refractivity (Wildman–Crippen MR) is 102 cm³/mol. The zero-order valence-corrected chi connectivity index (χ0v) is 15.4. The highest BCUT2D eigenvalue weighted by Crippen LogP contribution is 2.37. The Hall–Kier alpha value is -2.13. The normalized spacial score (nSPS) is 13.4. The van der Waals surface area contributed by atoms with E-state index in [2.05, 4.69) is 20.8 Å². The molecule has 2 rings (SSSR count). The summed E-state index contributed by atoms with van der Waals surface area (Å²) in [7, 11) is 0. The molecular formula is C22H29NO2. The largest absolute Gasteiger partial charge is 0.481 e. The van der Waals surface area contributed by atoms with E-state index in [1.807, 2.05) is 60.7 Å². The fourth-order valence-corrected chi connectivity index (χ4v) is 3.15. The Balaban J connectivity index is 2.40. The van der Waals surface area contributed by atoms with E-state index in [1.54, 1.807) is 0 Å². The molecule has 0 aromatic heterocycles. The van der Waals surface area contributed by atoms with Crippen LogP contribution < -0.4 is 5.73 Å². The first kappa shape index (κ1) is 19.2. The number of carboxylic acid groups (broad SMARTS) is 1. The molecule has 0 aliphatic rings. The lowest BCUT2D eigenvalue weighted by molar-refractivity contribution is -0.150. The number of carboxylic acids is 1. The molecule has 0 fully saturated rings. The van der Waals surface area contributed by atoms with Crippen molar-refractivity contribution >= 4 is 5.97 Å². The van der Waals surface area contributed by atoms with Gasteiger partial charge in [0.15, 0.2) is 0 Å². The van der Waals surface area contributed by atoms with Crippen molar-refractivity contribution in [2.24, 2.45) is 16.6 Å². The van der Waals surface area contributed by atoms with Gasteiger partial charge in [0.05, 0.1) is 5.41 Å². The Labute approximate surface area is 150 Å². The third-order valence-electron chi connectivity index (χ3n) is 4.95. The van der Waals surface area contributed by atoms with Crippen LogP contribution in [0.3, 0.4) is 0 Å². The maximum Gasteiger partial charge on any atom is 0.310 e. The van der Waals surface area contributed by atoms with E-state index in [1.165, 1.54) is 0 Å². The molecule has 2 aromatic carbocycles. The van der Waals surface area contributed by atoms with Gasteiger partial charge in [-0.1, -0.05) is 81.4 Å². The molecule has 0 aliphatic heterocycles. The van der Waals surface area contributed by atoms with Gasteiger partial charge in [-0.05, 0) is 35.8 Å². The second-order valence-corrected chi connectivity index (χ2v) is 8.09. The van der Waals surface area contributed by atoms with Crippen LogP contribution in [0.4, 0.5) is 0 Å². The lowest BCUT2D eigenvalue weighted by Gasteiger charge is -2.37. The molecule has 25 heavy (non-hydrogen) atoms. The lowest BCUT2D eigenvalue weighted by atomic mass is 9.68. The van der Waals surface area contributed by atoms with E-state index in [0.29, 0.717) is 19.3 Å². The molecule has 0 amide bonds. The molecule has 134 valence electrons. The van der Waals surface area contributed by atoms with Crippen molar-refractivity contribution in [2.75, 3.05) is 0 Å². The van der Waals surface area contributed by atoms with Crippen molar-refractivity contribution in [3.05, 3.63) is 71.8 Å². The minimum absolute atomic E-state index is 0.145. The van der Waals surface area contributed by atoms with Crippen molar-refractivity contribution in [2.45, 2.75) is 46.1 Å². The highest BCUT2D eigenvalue weighted by molar-refractivity contribution is 5.75. The van der Waals surface area contributed by atoms with Gasteiger partial charge in [0, 0.05) is 6.04 Å². The number of hydrogen-bond donors (Lipinski definition) is 2. The SMILES string of the molecule is CC(C)(C)C(N)CC(Cc1ccccc1)(Cc1ccccc1)C(=O)O. The molecule has 3 N–H and O–H groups in total. The van der Waals surface area contributed by atoms with E-state index < -0.39 is 11.4 Å². The molecule has 0 spiro atoms. The molecule has 0 radical (unpaired) electrons. The third kappa shape index (κ3) is 5.17. The summed E-state index contributed by atoms with van der Waals surface area (Å²) in [6.07, 6.45) is 1.39. The average molecular weight is 339 g/mol. The van der Waals surface area contributed by atoms with Gasteiger partial charge < -0.3 is 10.8 Å². The highest BCUT2D eigenvalue weighted by atomic mass is 16.4. The first-order valence-electron chi connectivity index (χ1n) is 8.80. The first-order valence-corrected chi connectivity index (χ1v) is 8.80. The summed E-state index contributed by atoms with van der Waals surface area (Å²) in [4.78, 5) is 12.4. The van der Waals surface area contributed by atoms with Crippen LogP contribution >= 0.6 is 0 Å². The number of nitrogens with two attached hydrogens (primary N) is 1. The fraction of sp³-hybridized carbons (Fsp3) is 0.409. The van der Waals surface area contributed by atoms with E-state index >= 15 is 0 Å². The van der Waals surface area contributed by atoms with Crippen LogP contribution in [0, 0.1) is 10.8 Å². The van der Waals surface area contributed by atoms with E-state index in [9.17, 15) is 9.90 Å². The predicted octanol–water partition coefficient (Wildman–Crippen LogP) is 4.31. The maximum atomic E-state index is 12.4. The molecular weight excluding hydrogens is 310 g/mol. The summed E-state index contributed by atoms with van der Waals surface area (Å²) < 4.78 is 0. The molecule has 2 aromatic rings. The van der Waals surface area contributed by atoms with Gasteiger partial charge in [-0.2, -0.15) is 0 Å². The third-order valence-corrected chi connectivity index (χ3v) is 4.95. The first-order chi connectivity index (χ1) is 11.7. The topological polar surface area (TPSA) is 63.3 Å². The van der Waals surface area contributed by atoms with Gasteiger partial charge in [0.25, 0.3) is 0 Å².